The van der Waals surface area contributed by atoms with E-state index in [1.165, 1.54) is 37.2 Å². The average molecular weight is 503 g/mol. The van der Waals surface area contributed by atoms with E-state index >= 15 is 0 Å². The van der Waals surface area contributed by atoms with Crippen LogP contribution in [0.25, 0.3) is 11.1 Å². The minimum Gasteiger partial charge on any atom is -0.377 e. The number of anilines is 2. The molecule has 0 radical (unpaired) electrons. The number of hydrogen-bond acceptors (Lipinski definition) is 5. The molecule has 4 rings (SSSR count). The van der Waals surface area contributed by atoms with Crippen LogP contribution in [0, 0.1) is 0 Å². The van der Waals surface area contributed by atoms with Gasteiger partial charge in [0.25, 0.3) is 0 Å². The molecule has 0 bridgehead atoms. The predicted octanol–water partition coefficient (Wildman–Crippen LogP) is 4.55. The quantitative estimate of drug-likeness (QED) is 0.546. The summed E-state index contributed by atoms with van der Waals surface area (Å²) in [6.07, 6.45) is -4.77. The van der Waals surface area contributed by atoms with Gasteiger partial charge in [-0.3, -0.25) is 9.79 Å². The molecule has 3 aromatic carbocycles. The lowest BCUT2D eigenvalue weighted by Crippen LogP contribution is -2.18. The van der Waals surface area contributed by atoms with E-state index in [0.717, 1.165) is 6.07 Å². The molecule has 1 heterocycles. The van der Waals surface area contributed by atoms with Crippen LogP contribution in [-0.2, 0) is 21.0 Å². The Balaban J connectivity index is 1.82. The van der Waals surface area contributed by atoms with E-state index in [2.05, 4.69) is 10.3 Å². The Labute approximate surface area is 200 Å². The van der Waals surface area contributed by atoms with E-state index in [9.17, 15) is 26.4 Å². The summed E-state index contributed by atoms with van der Waals surface area (Å²) in [6, 6.07) is 15.2. The van der Waals surface area contributed by atoms with E-state index in [0.29, 0.717) is 22.4 Å². The molecule has 182 valence electrons. The smallest absolute Gasteiger partial charge is 0.377 e. The number of alkyl halides is 3. The zero-order valence-electron chi connectivity index (χ0n) is 18.7. The van der Waals surface area contributed by atoms with Gasteiger partial charge in [-0.25, -0.2) is 13.6 Å². The Hall–Kier alpha value is -3.70. The van der Waals surface area contributed by atoms with Crippen LogP contribution in [-0.4, -0.2) is 34.1 Å². The molecule has 1 aliphatic heterocycles. The predicted molar refractivity (Wildman–Crippen MR) is 128 cm³/mol. The number of benzene rings is 3. The highest BCUT2D eigenvalue weighted by molar-refractivity contribution is 7.89. The number of carbonyl (C=O) groups excluding carboxylic acids is 1. The molecule has 11 heteroatoms. The number of carbonyl (C=O) groups is 1. The normalized spacial score (nSPS) is 14.0. The molecule has 0 fully saturated rings. The Bertz CT molecular complexity index is 1470. The summed E-state index contributed by atoms with van der Waals surface area (Å²) in [5.74, 6) is -0.505. The monoisotopic (exact) mass is 502 g/mol. The number of sulfonamides is 1. The minimum absolute atomic E-state index is 0.0278. The van der Waals surface area contributed by atoms with Gasteiger partial charge < -0.3 is 10.2 Å². The van der Waals surface area contributed by atoms with Crippen LogP contribution in [0.4, 0.5) is 30.2 Å². The number of nitrogens with one attached hydrogen (secondary N) is 1. The summed E-state index contributed by atoms with van der Waals surface area (Å²) >= 11 is 0. The molecule has 0 atom stereocenters. The number of fused-ring (bicyclic) bond motifs is 1. The number of amides is 1. The second kappa shape index (κ2) is 8.82. The van der Waals surface area contributed by atoms with Gasteiger partial charge in [0, 0.05) is 14.1 Å². The fraction of sp³-hybridized carbons (Fsp3) is 0.167. The van der Waals surface area contributed by atoms with Crippen LogP contribution in [0.2, 0.25) is 0 Å². The van der Waals surface area contributed by atoms with Gasteiger partial charge in [0.05, 0.1) is 39.7 Å². The third-order valence-corrected chi connectivity index (χ3v) is 6.36. The first kappa shape index (κ1) is 24.4. The number of halogens is 3. The van der Waals surface area contributed by atoms with Crippen molar-refractivity contribution in [3.63, 3.8) is 0 Å². The van der Waals surface area contributed by atoms with Gasteiger partial charge in [0.2, 0.25) is 15.9 Å². The molecule has 3 N–H and O–H groups in total. The van der Waals surface area contributed by atoms with Crippen molar-refractivity contribution in [2.45, 2.75) is 17.5 Å². The highest BCUT2D eigenvalue weighted by atomic mass is 32.2. The van der Waals surface area contributed by atoms with Crippen LogP contribution in [0.15, 0.2) is 70.6 Å². The van der Waals surface area contributed by atoms with Crippen molar-refractivity contribution in [1.82, 2.24) is 0 Å². The fourth-order valence-electron chi connectivity index (χ4n) is 3.80. The Morgan fingerprint density at radius 3 is 2.23 bits per heavy atom. The van der Waals surface area contributed by atoms with Crippen LogP contribution in [0.3, 0.4) is 0 Å². The van der Waals surface area contributed by atoms with E-state index in [1.807, 2.05) is 0 Å². The molecule has 0 spiro atoms. The molecule has 0 aromatic heterocycles. The Morgan fingerprint density at radius 1 is 0.971 bits per heavy atom. The largest absolute Gasteiger partial charge is 0.418 e. The fourth-order valence-corrected chi connectivity index (χ4v) is 4.36. The molecular formula is C24H21F3N4O3S. The van der Waals surface area contributed by atoms with Gasteiger partial charge in [0.15, 0.2) is 0 Å². The van der Waals surface area contributed by atoms with Crippen molar-refractivity contribution < 1.29 is 26.4 Å². The summed E-state index contributed by atoms with van der Waals surface area (Å²) in [5.41, 5.74) is 1.38. The zero-order chi connectivity index (χ0) is 25.5. The van der Waals surface area contributed by atoms with E-state index < -0.39 is 27.7 Å². The van der Waals surface area contributed by atoms with Crippen molar-refractivity contribution in [3.05, 3.63) is 71.8 Å². The van der Waals surface area contributed by atoms with Gasteiger partial charge in [-0.1, -0.05) is 30.3 Å². The lowest BCUT2D eigenvalue weighted by atomic mass is 9.99. The molecule has 3 aromatic rings. The highest BCUT2D eigenvalue weighted by Crippen LogP contribution is 2.43. The van der Waals surface area contributed by atoms with E-state index in [1.54, 1.807) is 36.4 Å². The second-order valence-corrected chi connectivity index (χ2v) is 9.78. The maximum absolute atomic E-state index is 13.6. The maximum atomic E-state index is 13.6. The standard InChI is InChI=1S/C24H21F3N4O3S/c1-31(2)22-12-21-20(11-18(22)24(25,26)27)30-23(32)13-19(29-21)16-7-3-5-14(9-16)15-6-4-8-17(10-15)35(28,33)34/h3-12H,13H2,1-2H3,(H,30,32)(H2,28,33,34). The third-order valence-electron chi connectivity index (χ3n) is 5.45. The van der Waals surface area contributed by atoms with Crippen molar-refractivity contribution in [2.24, 2.45) is 10.1 Å². The summed E-state index contributed by atoms with van der Waals surface area (Å²) in [4.78, 5) is 18.4. The third kappa shape index (κ3) is 5.20. The topological polar surface area (TPSA) is 105 Å². The van der Waals surface area contributed by atoms with Crippen LogP contribution in [0.1, 0.15) is 17.5 Å². The van der Waals surface area contributed by atoms with Gasteiger partial charge in [-0.05, 0) is 47.0 Å². The highest BCUT2D eigenvalue weighted by Gasteiger charge is 2.36. The number of primary sulfonamides is 1. The van der Waals surface area contributed by atoms with Crippen LogP contribution in [0.5, 0.6) is 0 Å². The molecule has 1 aliphatic rings. The van der Waals surface area contributed by atoms with Gasteiger partial charge in [-0.15, -0.1) is 0 Å². The molecule has 7 nitrogen and oxygen atoms in total. The van der Waals surface area contributed by atoms with Crippen molar-refractivity contribution >= 4 is 38.7 Å². The van der Waals surface area contributed by atoms with Crippen molar-refractivity contribution in [2.75, 3.05) is 24.3 Å². The van der Waals surface area contributed by atoms with Crippen molar-refractivity contribution in [3.8, 4) is 11.1 Å². The number of nitrogens with zero attached hydrogens (tertiary/aromatic N) is 2. The summed E-state index contributed by atoms with van der Waals surface area (Å²) < 4.78 is 64.3. The molecule has 0 saturated heterocycles. The number of nitrogens with two attached hydrogens (primary N) is 1. The van der Waals surface area contributed by atoms with E-state index in [4.69, 9.17) is 5.14 Å². The molecule has 1 amide bonds. The number of aliphatic imine (C=N–C) groups is 1. The lowest BCUT2D eigenvalue weighted by molar-refractivity contribution is -0.137. The first-order valence-corrected chi connectivity index (χ1v) is 11.9. The van der Waals surface area contributed by atoms with Crippen molar-refractivity contribution in [1.29, 1.82) is 0 Å². The van der Waals surface area contributed by atoms with Gasteiger partial charge in [-0.2, -0.15) is 13.2 Å². The maximum Gasteiger partial charge on any atom is 0.418 e. The Kier molecular flexibility index (Phi) is 6.16. The first-order valence-electron chi connectivity index (χ1n) is 10.4. The zero-order valence-corrected chi connectivity index (χ0v) is 19.5. The molecule has 0 unspecified atom stereocenters. The molecular weight excluding hydrogens is 481 g/mol. The number of rotatable bonds is 4. The SMILES string of the molecule is CN(C)c1cc2c(cc1C(F)(F)F)NC(=O)CC(c1cccc(-c3cccc(S(N)(=O)=O)c3)c1)=N2. The first-order chi connectivity index (χ1) is 16.3. The summed E-state index contributed by atoms with van der Waals surface area (Å²) in [5, 5.41) is 7.75. The molecule has 35 heavy (non-hydrogen) atoms. The minimum atomic E-state index is -4.61. The summed E-state index contributed by atoms with van der Waals surface area (Å²) in [7, 11) is -0.903. The van der Waals surface area contributed by atoms with Gasteiger partial charge in [0.1, 0.15) is 0 Å². The van der Waals surface area contributed by atoms with Crippen LogP contribution < -0.4 is 15.4 Å². The van der Waals surface area contributed by atoms with E-state index in [-0.39, 0.29) is 28.4 Å². The van der Waals surface area contributed by atoms with Crippen LogP contribution >= 0.6 is 0 Å². The lowest BCUT2D eigenvalue weighted by Gasteiger charge is -2.21. The molecule has 0 saturated carbocycles. The second-order valence-electron chi connectivity index (χ2n) is 8.22. The van der Waals surface area contributed by atoms with Gasteiger partial charge >= 0.3 is 6.18 Å². The average Bonchev–Trinajstić information content (AvgIpc) is 2.94. The summed E-state index contributed by atoms with van der Waals surface area (Å²) in [6.45, 7) is 0. The Morgan fingerprint density at radius 2 is 1.60 bits per heavy atom. The number of hydrogen-bond donors (Lipinski definition) is 2. The molecule has 0 aliphatic carbocycles.